The van der Waals surface area contributed by atoms with Crippen molar-refractivity contribution in [3.05, 3.63) is 30.3 Å². The maximum atomic E-state index is 9.62. The van der Waals surface area contributed by atoms with Gasteiger partial charge in [0, 0.05) is 6.42 Å². The van der Waals surface area contributed by atoms with Gasteiger partial charge in [-0.2, -0.15) is 0 Å². The van der Waals surface area contributed by atoms with Gasteiger partial charge >= 0.3 is 0 Å². The first-order valence-corrected chi connectivity index (χ1v) is 4.34. The molecule has 0 saturated heterocycles. The van der Waals surface area contributed by atoms with E-state index in [1.807, 2.05) is 19.9 Å². The summed E-state index contributed by atoms with van der Waals surface area (Å²) < 4.78 is 0. The Labute approximate surface area is 79.2 Å². The lowest BCUT2D eigenvalue weighted by atomic mass is 10.2. The third kappa shape index (κ3) is 8.60. The lowest BCUT2D eigenvalue weighted by molar-refractivity contribution is -0.108. The number of hydrogen-bond acceptors (Lipinski definition) is 2. The van der Waals surface area contributed by atoms with Crippen LogP contribution in [0.15, 0.2) is 30.3 Å². The second-order valence-electron chi connectivity index (χ2n) is 3.13. The fraction of sp³-hybridized carbons (Fsp3) is 0.364. The van der Waals surface area contributed by atoms with Crippen LogP contribution in [-0.4, -0.2) is 11.4 Å². The lowest BCUT2D eigenvalue weighted by Crippen LogP contribution is -1.84. The summed E-state index contributed by atoms with van der Waals surface area (Å²) in [7, 11) is 0. The molecule has 0 unspecified atom stereocenters. The molecule has 0 spiro atoms. The van der Waals surface area contributed by atoms with Crippen LogP contribution in [-0.2, 0) is 4.79 Å². The van der Waals surface area contributed by atoms with Crippen molar-refractivity contribution in [1.29, 1.82) is 0 Å². The topological polar surface area (TPSA) is 37.3 Å². The zero-order chi connectivity index (χ0) is 10.1. The third-order valence-corrected chi connectivity index (χ3v) is 1.32. The molecule has 13 heavy (non-hydrogen) atoms. The van der Waals surface area contributed by atoms with E-state index < -0.39 is 0 Å². The van der Waals surface area contributed by atoms with Crippen molar-refractivity contribution in [3.8, 4) is 5.75 Å². The Morgan fingerprint density at radius 1 is 1.31 bits per heavy atom. The molecule has 0 saturated carbocycles. The summed E-state index contributed by atoms with van der Waals surface area (Å²) in [5.74, 6) is 0.852. The zero-order valence-electron chi connectivity index (χ0n) is 8.10. The molecule has 0 aliphatic heterocycles. The van der Waals surface area contributed by atoms with E-state index in [1.165, 1.54) is 0 Å². The molecule has 0 aromatic heterocycles. The average molecular weight is 180 g/mol. The molecule has 0 aliphatic rings. The Bertz CT molecular complexity index is 217. The van der Waals surface area contributed by atoms with Crippen LogP contribution in [0, 0.1) is 5.92 Å². The molecule has 1 aromatic rings. The highest BCUT2D eigenvalue weighted by atomic mass is 16.3. The van der Waals surface area contributed by atoms with E-state index in [4.69, 9.17) is 5.11 Å². The fourth-order valence-corrected chi connectivity index (χ4v) is 0.620. The van der Waals surface area contributed by atoms with Gasteiger partial charge in [-0.3, -0.25) is 0 Å². The van der Waals surface area contributed by atoms with Gasteiger partial charge in [-0.1, -0.05) is 32.0 Å². The first-order chi connectivity index (χ1) is 6.16. The molecule has 1 rings (SSSR count). The van der Waals surface area contributed by atoms with E-state index in [-0.39, 0.29) is 0 Å². The van der Waals surface area contributed by atoms with Crippen LogP contribution >= 0.6 is 0 Å². The van der Waals surface area contributed by atoms with E-state index in [9.17, 15) is 4.79 Å². The Kier molecular flexibility index (Phi) is 6.60. The number of phenolic OH excluding ortho intramolecular Hbond substituents is 1. The van der Waals surface area contributed by atoms with Gasteiger partial charge in [-0.25, -0.2) is 0 Å². The SMILES string of the molecule is CC(C)CC=O.Oc1ccccc1. The summed E-state index contributed by atoms with van der Waals surface area (Å²) in [6, 6.07) is 8.71. The number of hydrogen-bond donors (Lipinski definition) is 1. The molecule has 1 aromatic carbocycles. The first kappa shape index (κ1) is 11.7. The van der Waals surface area contributed by atoms with E-state index in [1.54, 1.807) is 24.3 Å². The van der Waals surface area contributed by atoms with Crippen molar-refractivity contribution >= 4 is 6.29 Å². The van der Waals surface area contributed by atoms with Gasteiger partial charge in [-0.15, -0.1) is 0 Å². The van der Waals surface area contributed by atoms with Crippen LogP contribution < -0.4 is 0 Å². The largest absolute Gasteiger partial charge is 0.508 e. The maximum Gasteiger partial charge on any atom is 0.120 e. The van der Waals surface area contributed by atoms with Crippen molar-refractivity contribution in [3.63, 3.8) is 0 Å². The number of aromatic hydroxyl groups is 1. The van der Waals surface area contributed by atoms with Gasteiger partial charge in [-0.05, 0) is 18.1 Å². The van der Waals surface area contributed by atoms with Crippen LogP contribution in [0.2, 0.25) is 0 Å². The minimum atomic E-state index is 0.322. The van der Waals surface area contributed by atoms with E-state index in [0.717, 1.165) is 6.29 Å². The Hall–Kier alpha value is -1.31. The monoisotopic (exact) mass is 180 g/mol. The lowest BCUT2D eigenvalue weighted by Gasteiger charge is -1.89. The molecular formula is C11H16O2. The third-order valence-electron chi connectivity index (χ3n) is 1.32. The highest BCUT2D eigenvalue weighted by molar-refractivity contribution is 5.49. The van der Waals surface area contributed by atoms with Gasteiger partial charge in [0.2, 0.25) is 0 Å². The number of phenols is 1. The second kappa shape index (κ2) is 7.35. The summed E-state index contributed by atoms with van der Waals surface area (Å²) >= 11 is 0. The van der Waals surface area contributed by atoms with Crippen molar-refractivity contribution in [1.82, 2.24) is 0 Å². The number of aldehydes is 1. The molecule has 0 radical (unpaired) electrons. The normalized spacial score (nSPS) is 8.85. The van der Waals surface area contributed by atoms with Crippen molar-refractivity contribution < 1.29 is 9.90 Å². The first-order valence-electron chi connectivity index (χ1n) is 4.34. The van der Waals surface area contributed by atoms with Crippen LogP contribution in [0.5, 0.6) is 5.75 Å². The summed E-state index contributed by atoms with van der Waals surface area (Å²) in [6.07, 6.45) is 1.64. The van der Waals surface area contributed by atoms with Gasteiger partial charge < -0.3 is 9.90 Å². The minimum Gasteiger partial charge on any atom is -0.508 e. The van der Waals surface area contributed by atoms with Crippen LogP contribution in [0.1, 0.15) is 20.3 Å². The molecule has 0 heterocycles. The van der Waals surface area contributed by atoms with Gasteiger partial charge in [0.15, 0.2) is 0 Å². The Morgan fingerprint density at radius 2 is 1.85 bits per heavy atom. The number of rotatable bonds is 2. The van der Waals surface area contributed by atoms with Crippen molar-refractivity contribution in [2.45, 2.75) is 20.3 Å². The van der Waals surface area contributed by atoms with E-state index in [0.29, 0.717) is 18.1 Å². The molecule has 2 heteroatoms. The molecular weight excluding hydrogens is 164 g/mol. The molecule has 1 N–H and O–H groups in total. The molecule has 0 atom stereocenters. The number of carbonyl (C=O) groups excluding carboxylic acids is 1. The molecule has 72 valence electrons. The second-order valence-corrected chi connectivity index (χ2v) is 3.13. The van der Waals surface area contributed by atoms with Crippen molar-refractivity contribution in [2.75, 3.05) is 0 Å². The summed E-state index contributed by atoms with van der Waals surface area (Å²) in [5.41, 5.74) is 0. The minimum absolute atomic E-state index is 0.322. The van der Waals surface area contributed by atoms with Crippen LogP contribution in [0.4, 0.5) is 0 Å². The average Bonchev–Trinajstić information content (AvgIpc) is 2.06. The van der Waals surface area contributed by atoms with Gasteiger partial charge in [0.05, 0.1) is 0 Å². The zero-order valence-corrected chi connectivity index (χ0v) is 8.10. The van der Waals surface area contributed by atoms with E-state index in [2.05, 4.69) is 0 Å². The fourth-order valence-electron chi connectivity index (χ4n) is 0.620. The molecule has 0 amide bonds. The summed E-state index contributed by atoms with van der Waals surface area (Å²) in [6.45, 7) is 4.04. The predicted molar refractivity (Wildman–Crippen MR) is 53.6 cm³/mol. The van der Waals surface area contributed by atoms with Crippen LogP contribution in [0.25, 0.3) is 0 Å². The standard InChI is InChI=1S/C6H6O.C5H10O/c7-6-4-2-1-3-5-6;1-5(2)3-4-6/h1-5,7H;4-5H,3H2,1-2H3. The van der Waals surface area contributed by atoms with Gasteiger partial charge in [0.1, 0.15) is 12.0 Å². The van der Waals surface area contributed by atoms with Crippen molar-refractivity contribution in [2.24, 2.45) is 5.92 Å². The smallest absolute Gasteiger partial charge is 0.120 e. The molecule has 0 bridgehead atoms. The predicted octanol–water partition coefficient (Wildman–Crippen LogP) is 2.62. The Balaban J connectivity index is 0.000000226. The number of carbonyl (C=O) groups is 1. The highest BCUT2D eigenvalue weighted by Crippen LogP contribution is 2.02. The molecule has 0 fully saturated rings. The summed E-state index contributed by atoms with van der Waals surface area (Å²) in [4.78, 5) is 9.62. The number of para-hydroxylation sites is 1. The maximum absolute atomic E-state index is 9.62. The molecule has 2 nitrogen and oxygen atoms in total. The van der Waals surface area contributed by atoms with Gasteiger partial charge in [0.25, 0.3) is 0 Å². The van der Waals surface area contributed by atoms with E-state index >= 15 is 0 Å². The summed E-state index contributed by atoms with van der Waals surface area (Å²) in [5, 5.41) is 8.63. The Morgan fingerprint density at radius 3 is 2.00 bits per heavy atom. The number of benzene rings is 1. The van der Waals surface area contributed by atoms with Crippen LogP contribution in [0.3, 0.4) is 0 Å². The highest BCUT2D eigenvalue weighted by Gasteiger charge is 1.85. The quantitative estimate of drug-likeness (QED) is 0.710. The molecule has 0 aliphatic carbocycles.